The number of nitrogens with zero attached hydrogens (tertiary/aromatic N) is 4. The average molecular weight is 438 g/mol. The number of benzene rings is 1. The fourth-order valence-corrected chi connectivity index (χ4v) is 4.63. The van der Waals surface area contributed by atoms with Crippen LogP contribution in [0, 0.1) is 0 Å². The quantitative estimate of drug-likeness (QED) is 0.657. The number of fused-ring (bicyclic) bond motifs is 1. The lowest BCUT2D eigenvalue weighted by atomic mass is 9.99. The fourth-order valence-electron chi connectivity index (χ4n) is 4.63. The highest BCUT2D eigenvalue weighted by Crippen LogP contribution is 2.32. The van der Waals surface area contributed by atoms with Crippen molar-refractivity contribution in [2.75, 3.05) is 24.5 Å². The maximum Gasteiger partial charge on any atom is 0.322 e. The Hall–Kier alpha value is -3.62. The molecule has 2 aromatic rings. The van der Waals surface area contributed by atoms with E-state index in [1.54, 1.807) is 6.92 Å². The molecule has 1 aromatic carbocycles. The highest BCUT2D eigenvalue weighted by Gasteiger charge is 2.35. The zero-order valence-electron chi connectivity index (χ0n) is 18.2. The molecule has 1 aromatic heterocycles. The van der Waals surface area contributed by atoms with Gasteiger partial charge in [0, 0.05) is 48.0 Å². The summed E-state index contributed by atoms with van der Waals surface area (Å²) in [7, 11) is 0. The molecule has 3 heterocycles. The Kier molecular flexibility index (Phi) is 5.98. The molecule has 1 saturated heterocycles. The summed E-state index contributed by atoms with van der Waals surface area (Å²) in [6.45, 7) is 4.85. The molecule has 168 valence electrons. The number of nitrogens with one attached hydrogen (secondary N) is 1. The third-order valence-corrected chi connectivity index (χ3v) is 6.14. The second-order valence-electron chi connectivity index (χ2n) is 8.12. The molecule has 1 fully saturated rings. The molecule has 9 nitrogen and oxygen atoms in total. The van der Waals surface area contributed by atoms with Gasteiger partial charge in [0.1, 0.15) is 12.7 Å². The van der Waals surface area contributed by atoms with Crippen molar-refractivity contribution < 1.29 is 19.8 Å². The number of hydrogen-bond acceptors (Lipinski definition) is 7. The molecule has 0 saturated carbocycles. The van der Waals surface area contributed by atoms with E-state index in [0.29, 0.717) is 5.70 Å². The van der Waals surface area contributed by atoms with Crippen molar-refractivity contribution in [3.05, 3.63) is 48.1 Å². The van der Waals surface area contributed by atoms with Crippen LogP contribution in [0.5, 0.6) is 0 Å². The van der Waals surface area contributed by atoms with E-state index in [4.69, 9.17) is 5.11 Å². The normalized spacial score (nSPS) is 19.8. The van der Waals surface area contributed by atoms with Crippen molar-refractivity contribution in [1.29, 1.82) is 0 Å². The number of rotatable bonds is 5. The molecular formula is C23H27N5O4. The minimum Gasteiger partial charge on any atom is -0.504 e. The summed E-state index contributed by atoms with van der Waals surface area (Å²) < 4.78 is 0. The van der Waals surface area contributed by atoms with Gasteiger partial charge >= 0.3 is 5.97 Å². The molecule has 0 spiro atoms. The van der Waals surface area contributed by atoms with Crippen LogP contribution in [-0.4, -0.2) is 69.5 Å². The minimum absolute atomic E-state index is 0.116. The molecule has 3 N–H and O–H groups in total. The number of hydrogen-bond donors (Lipinski definition) is 3. The van der Waals surface area contributed by atoms with Crippen LogP contribution in [0.4, 0.5) is 5.69 Å². The number of anilines is 1. The van der Waals surface area contributed by atoms with E-state index in [-0.39, 0.29) is 23.7 Å². The lowest BCUT2D eigenvalue weighted by Gasteiger charge is -2.44. The van der Waals surface area contributed by atoms with Gasteiger partial charge in [-0.3, -0.25) is 19.6 Å². The molecule has 1 atom stereocenters. The number of allylic oxidation sites excluding steroid dienone is 1. The topological polar surface area (TPSA) is 118 Å². The highest BCUT2D eigenvalue weighted by atomic mass is 16.4. The zero-order chi connectivity index (χ0) is 22.8. The molecule has 1 amide bonds. The van der Waals surface area contributed by atoms with Gasteiger partial charge in [-0.15, -0.1) is 0 Å². The summed E-state index contributed by atoms with van der Waals surface area (Å²) in [6, 6.07) is 8.46. The fraction of sp³-hybridized carbons (Fsp3) is 0.391. The number of aliphatic carboxylic acids is 1. The molecule has 1 unspecified atom stereocenters. The number of piperidine rings is 1. The molecule has 0 aliphatic carbocycles. The number of carbonyl (C=O) groups is 2. The van der Waals surface area contributed by atoms with Gasteiger partial charge in [0.25, 0.3) is 5.91 Å². The van der Waals surface area contributed by atoms with Gasteiger partial charge in [0.2, 0.25) is 0 Å². The number of pyridine rings is 1. The van der Waals surface area contributed by atoms with Crippen molar-refractivity contribution >= 4 is 34.0 Å². The SMILES string of the molecule is CC1=C(O)C(C(=O)NCC(=O)O)=NC(C)N1C1CCN(c2cccc3cnccc23)CC1. The first-order valence-corrected chi connectivity index (χ1v) is 10.7. The van der Waals surface area contributed by atoms with E-state index in [9.17, 15) is 14.7 Å². The second-order valence-corrected chi connectivity index (χ2v) is 8.12. The number of aromatic nitrogens is 1. The zero-order valence-corrected chi connectivity index (χ0v) is 18.2. The smallest absolute Gasteiger partial charge is 0.322 e. The van der Waals surface area contributed by atoms with Gasteiger partial charge in [-0.2, -0.15) is 0 Å². The average Bonchev–Trinajstić information content (AvgIpc) is 2.80. The van der Waals surface area contributed by atoms with E-state index >= 15 is 0 Å². The Balaban J connectivity index is 1.47. The summed E-state index contributed by atoms with van der Waals surface area (Å²) >= 11 is 0. The summed E-state index contributed by atoms with van der Waals surface area (Å²) in [4.78, 5) is 36.0. The van der Waals surface area contributed by atoms with E-state index < -0.39 is 18.4 Å². The van der Waals surface area contributed by atoms with Crippen LogP contribution in [0.2, 0.25) is 0 Å². The van der Waals surface area contributed by atoms with Crippen molar-refractivity contribution in [3.8, 4) is 0 Å². The van der Waals surface area contributed by atoms with Gasteiger partial charge < -0.3 is 25.3 Å². The third kappa shape index (κ3) is 4.10. The Morgan fingerprint density at radius 3 is 2.69 bits per heavy atom. The summed E-state index contributed by atoms with van der Waals surface area (Å²) in [5.41, 5.74) is 1.66. The Bertz CT molecular complexity index is 1100. The highest BCUT2D eigenvalue weighted by molar-refractivity contribution is 6.45. The van der Waals surface area contributed by atoms with Gasteiger partial charge in [-0.05, 0) is 38.8 Å². The number of carboxylic acid groups (broad SMARTS) is 1. The monoisotopic (exact) mass is 437 g/mol. The maximum atomic E-state index is 12.3. The summed E-state index contributed by atoms with van der Waals surface area (Å²) in [6.07, 6.45) is 5.11. The van der Waals surface area contributed by atoms with Crippen LogP contribution >= 0.6 is 0 Å². The molecule has 9 heteroatoms. The van der Waals surface area contributed by atoms with Gasteiger partial charge in [-0.25, -0.2) is 0 Å². The number of amides is 1. The van der Waals surface area contributed by atoms with Crippen LogP contribution in [0.25, 0.3) is 10.8 Å². The molecule has 2 aliphatic heterocycles. The first-order chi connectivity index (χ1) is 15.4. The molecule has 2 aliphatic rings. The van der Waals surface area contributed by atoms with Crippen LogP contribution in [0.3, 0.4) is 0 Å². The summed E-state index contributed by atoms with van der Waals surface area (Å²) in [5, 5.41) is 23.9. The van der Waals surface area contributed by atoms with Gasteiger partial charge in [0.05, 0.1) is 5.70 Å². The van der Waals surface area contributed by atoms with Crippen molar-refractivity contribution in [2.24, 2.45) is 4.99 Å². The number of aliphatic hydroxyl groups excluding tert-OH is 1. The maximum absolute atomic E-state index is 12.3. The Morgan fingerprint density at radius 2 is 1.97 bits per heavy atom. The lowest BCUT2D eigenvalue weighted by Crippen LogP contribution is -2.50. The van der Waals surface area contributed by atoms with E-state index in [1.165, 1.54) is 11.1 Å². The van der Waals surface area contributed by atoms with Crippen molar-refractivity contribution in [2.45, 2.75) is 38.9 Å². The van der Waals surface area contributed by atoms with Crippen LogP contribution < -0.4 is 10.2 Å². The predicted molar refractivity (Wildman–Crippen MR) is 122 cm³/mol. The number of aliphatic imine (C=N–C) groups is 1. The first kappa shape index (κ1) is 21.6. The third-order valence-electron chi connectivity index (χ3n) is 6.14. The van der Waals surface area contributed by atoms with E-state index in [0.717, 1.165) is 31.3 Å². The van der Waals surface area contributed by atoms with E-state index in [2.05, 4.69) is 43.3 Å². The standard InChI is InChI=1S/C23H27N5O4/c1-14-22(31)21(23(32)25-13-20(29)30)26-15(2)28(14)17-7-10-27(11-8-17)19-5-3-4-16-12-24-9-6-18(16)19/h3-6,9,12,15,17,31H,7-8,10-11,13H2,1-2H3,(H,25,32)(H,29,30). The largest absolute Gasteiger partial charge is 0.504 e. The summed E-state index contributed by atoms with van der Waals surface area (Å²) in [5.74, 6) is -2.04. The Morgan fingerprint density at radius 1 is 1.22 bits per heavy atom. The van der Waals surface area contributed by atoms with Gasteiger partial charge in [0.15, 0.2) is 11.5 Å². The van der Waals surface area contributed by atoms with Gasteiger partial charge in [-0.1, -0.05) is 12.1 Å². The number of carboxylic acids is 1. The molecule has 0 radical (unpaired) electrons. The second kappa shape index (κ2) is 8.86. The predicted octanol–water partition coefficient (Wildman–Crippen LogP) is 2.30. The van der Waals surface area contributed by atoms with Crippen molar-refractivity contribution in [1.82, 2.24) is 15.2 Å². The minimum atomic E-state index is -1.15. The Labute approximate surface area is 186 Å². The molecule has 4 rings (SSSR count). The number of aliphatic hydroxyl groups is 1. The molecule has 32 heavy (non-hydrogen) atoms. The first-order valence-electron chi connectivity index (χ1n) is 10.7. The van der Waals surface area contributed by atoms with E-state index in [1.807, 2.05) is 25.4 Å². The molecule has 0 bridgehead atoms. The van der Waals surface area contributed by atoms with Crippen LogP contribution in [0.15, 0.2) is 53.1 Å². The van der Waals surface area contributed by atoms with Crippen LogP contribution in [-0.2, 0) is 9.59 Å². The lowest BCUT2D eigenvalue weighted by molar-refractivity contribution is -0.137. The van der Waals surface area contributed by atoms with Crippen LogP contribution in [0.1, 0.15) is 26.7 Å². The number of carbonyl (C=O) groups excluding carboxylic acids is 1. The molecular weight excluding hydrogens is 410 g/mol. The van der Waals surface area contributed by atoms with Crippen molar-refractivity contribution in [3.63, 3.8) is 0 Å².